The van der Waals surface area contributed by atoms with Crippen LogP contribution in [0.25, 0.3) is 38.8 Å². The van der Waals surface area contributed by atoms with E-state index >= 15 is 0 Å². The maximum Gasteiger partial charge on any atom is 0.136 e. The Hall–Kier alpha value is -5.64. The van der Waals surface area contributed by atoms with Gasteiger partial charge >= 0.3 is 0 Å². The standard InChI is InChI=1S/C52H47N4O.Pt/c1-34(2)42-20-14-21-43(35(3)4)51(42)36-27-28-53-50(29-36)56-46-22-9-8-19-44(46)45-26-25-41(32-49(45)56)57-40-18-13-17-39(31-40)55-33-54(47-23-10-11-24-48(47)55)38-16-12-15-37(30-38)52(5,6)7;/h8-30,33-35H,1-7H3;/q-3;. The first-order valence-electron chi connectivity index (χ1n) is 19.9. The summed E-state index contributed by atoms with van der Waals surface area (Å²) in [6.07, 6.45) is 1.93. The number of para-hydroxylation sites is 3. The molecule has 8 aromatic rings. The number of pyridine rings is 1. The Morgan fingerprint density at radius 1 is 0.638 bits per heavy atom. The minimum Gasteiger partial charge on any atom is -0.509 e. The fourth-order valence-electron chi connectivity index (χ4n) is 8.14. The van der Waals surface area contributed by atoms with Crippen LogP contribution in [-0.2, 0) is 26.5 Å². The van der Waals surface area contributed by atoms with Crippen molar-refractivity contribution >= 4 is 44.6 Å². The molecule has 0 atom stereocenters. The SMILES string of the molecule is CC(C)c1cccc(C(C)C)c1-c1ccnc(-n2c3[c-]c(Oc4[c-]c(N5[CH-]N(c6cccc(C(C)(C)C)c6)c6ccccc65)ccc4)ccc3c3ccccc32)c1.[Pt]. The van der Waals surface area contributed by atoms with Crippen LogP contribution in [0.1, 0.15) is 77.0 Å². The van der Waals surface area contributed by atoms with Crippen molar-refractivity contribution in [2.75, 3.05) is 9.80 Å². The van der Waals surface area contributed by atoms with Gasteiger partial charge in [-0.3, -0.25) is 0 Å². The molecule has 0 saturated heterocycles. The molecule has 1 aliphatic rings. The molecular formula is C52H47N4OPt-3. The van der Waals surface area contributed by atoms with E-state index in [2.05, 4.69) is 197 Å². The van der Waals surface area contributed by atoms with E-state index in [-0.39, 0.29) is 26.5 Å². The molecule has 0 N–H and O–H groups in total. The smallest absolute Gasteiger partial charge is 0.136 e. The van der Waals surface area contributed by atoms with Crippen molar-refractivity contribution in [3.05, 3.63) is 175 Å². The molecule has 1 aliphatic heterocycles. The third kappa shape index (κ3) is 7.11. The summed E-state index contributed by atoms with van der Waals surface area (Å²) >= 11 is 0. The van der Waals surface area contributed by atoms with E-state index in [0.717, 1.165) is 50.4 Å². The summed E-state index contributed by atoms with van der Waals surface area (Å²) in [5.41, 5.74) is 12.7. The topological polar surface area (TPSA) is 33.5 Å². The summed E-state index contributed by atoms with van der Waals surface area (Å²) in [5, 5.41) is 2.23. The van der Waals surface area contributed by atoms with E-state index in [1.807, 2.05) is 24.4 Å². The summed E-state index contributed by atoms with van der Waals surface area (Å²) in [7, 11) is 0. The number of nitrogens with zero attached hydrogens (tertiary/aromatic N) is 4. The average Bonchev–Trinajstić information content (AvgIpc) is 3.76. The summed E-state index contributed by atoms with van der Waals surface area (Å²) in [6.45, 7) is 18.0. The number of anilines is 4. The second-order valence-electron chi connectivity index (χ2n) is 16.6. The summed E-state index contributed by atoms with van der Waals surface area (Å²) in [5.74, 6) is 2.82. The Labute approximate surface area is 357 Å². The van der Waals surface area contributed by atoms with Gasteiger partial charge < -0.3 is 19.1 Å². The summed E-state index contributed by atoms with van der Waals surface area (Å²) in [6, 6.07) is 54.2. The number of fused-ring (bicyclic) bond motifs is 4. The number of hydrogen-bond acceptors (Lipinski definition) is 4. The molecule has 0 spiro atoms. The zero-order valence-corrected chi connectivity index (χ0v) is 36.3. The minimum atomic E-state index is 0. The van der Waals surface area contributed by atoms with Crippen LogP contribution in [0.3, 0.4) is 0 Å². The van der Waals surface area contributed by atoms with Gasteiger partial charge in [-0.1, -0.05) is 115 Å². The fourth-order valence-corrected chi connectivity index (χ4v) is 8.14. The van der Waals surface area contributed by atoms with Crippen LogP contribution in [0.5, 0.6) is 11.5 Å². The van der Waals surface area contributed by atoms with Crippen LogP contribution >= 0.6 is 0 Å². The monoisotopic (exact) mass is 938 g/mol. The van der Waals surface area contributed by atoms with Gasteiger partial charge in [0, 0.05) is 61.3 Å². The van der Waals surface area contributed by atoms with Crippen molar-refractivity contribution in [2.24, 2.45) is 0 Å². The number of aromatic nitrogens is 2. The van der Waals surface area contributed by atoms with E-state index in [1.165, 1.54) is 27.8 Å². The zero-order valence-electron chi connectivity index (χ0n) is 34.0. The first kappa shape index (κ1) is 39.2. The average molecular weight is 939 g/mol. The molecule has 0 bridgehead atoms. The molecule has 6 heteroatoms. The van der Waals surface area contributed by atoms with Gasteiger partial charge in [-0.05, 0) is 92.9 Å². The van der Waals surface area contributed by atoms with E-state index in [4.69, 9.17) is 9.72 Å². The van der Waals surface area contributed by atoms with Crippen molar-refractivity contribution in [2.45, 2.75) is 65.7 Å². The number of rotatable bonds is 8. The molecule has 6 aromatic carbocycles. The van der Waals surface area contributed by atoms with E-state index in [1.54, 1.807) is 0 Å². The van der Waals surface area contributed by atoms with Crippen molar-refractivity contribution in [3.8, 4) is 28.4 Å². The second-order valence-corrected chi connectivity index (χ2v) is 16.6. The van der Waals surface area contributed by atoms with Crippen LogP contribution in [-0.4, -0.2) is 9.55 Å². The molecule has 0 fully saturated rings. The first-order chi connectivity index (χ1) is 27.5. The van der Waals surface area contributed by atoms with E-state index in [9.17, 15) is 0 Å². The molecule has 0 unspecified atom stereocenters. The van der Waals surface area contributed by atoms with E-state index in [0.29, 0.717) is 23.3 Å². The maximum absolute atomic E-state index is 6.60. The Morgan fingerprint density at radius 2 is 1.31 bits per heavy atom. The molecule has 0 amide bonds. The quantitative estimate of drug-likeness (QED) is 0.142. The van der Waals surface area contributed by atoms with E-state index < -0.39 is 0 Å². The third-order valence-corrected chi connectivity index (χ3v) is 11.0. The largest absolute Gasteiger partial charge is 0.509 e. The van der Waals surface area contributed by atoms with Crippen molar-refractivity contribution in [3.63, 3.8) is 0 Å². The number of hydrogen-bond donors (Lipinski definition) is 0. The second kappa shape index (κ2) is 15.6. The molecule has 2 aromatic heterocycles. The molecule has 5 nitrogen and oxygen atoms in total. The van der Waals surface area contributed by atoms with Crippen LogP contribution in [0.4, 0.5) is 22.7 Å². The van der Waals surface area contributed by atoms with Gasteiger partial charge in [0.1, 0.15) is 5.82 Å². The maximum atomic E-state index is 6.60. The van der Waals surface area contributed by atoms with Gasteiger partial charge in [-0.2, -0.15) is 12.1 Å². The van der Waals surface area contributed by atoms with Crippen molar-refractivity contribution in [1.29, 1.82) is 0 Å². The van der Waals surface area contributed by atoms with Gasteiger partial charge in [-0.15, -0.1) is 48.1 Å². The zero-order chi connectivity index (χ0) is 39.4. The Morgan fingerprint density at radius 3 is 2.05 bits per heavy atom. The molecule has 58 heavy (non-hydrogen) atoms. The van der Waals surface area contributed by atoms with Crippen LogP contribution in [0, 0.1) is 18.8 Å². The van der Waals surface area contributed by atoms with Gasteiger partial charge in [0.05, 0.1) is 0 Å². The third-order valence-electron chi connectivity index (χ3n) is 11.0. The fraction of sp³-hybridized carbons (Fsp3) is 0.192. The Balaban J connectivity index is 0.00000469. The van der Waals surface area contributed by atoms with Gasteiger partial charge in [-0.25, -0.2) is 4.98 Å². The van der Waals surface area contributed by atoms with Gasteiger partial charge in [0.25, 0.3) is 0 Å². The molecular weight excluding hydrogens is 892 g/mol. The minimum absolute atomic E-state index is 0. The normalized spacial score (nSPS) is 12.8. The molecule has 0 radical (unpaired) electrons. The molecule has 0 saturated carbocycles. The van der Waals surface area contributed by atoms with Crippen LogP contribution < -0.4 is 14.5 Å². The van der Waals surface area contributed by atoms with Crippen molar-refractivity contribution in [1.82, 2.24) is 9.55 Å². The van der Waals surface area contributed by atoms with Crippen molar-refractivity contribution < 1.29 is 25.8 Å². The number of ether oxygens (including phenoxy) is 1. The van der Waals surface area contributed by atoms with Crippen LogP contribution in [0.2, 0.25) is 0 Å². The molecule has 294 valence electrons. The molecule has 9 rings (SSSR count). The number of benzene rings is 6. The van der Waals surface area contributed by atoms with Crippen LogP contribution in [0.15, 0.2) is 140 Å². The van der Waals surface area contributed by atoms with Gasteiger partial charge in [0.2, 0.25) is 0 Å². The molecule has 3 heterocycles. The summed E-state index contributed by atoms with van der Waals surface area (Å²) in [4.78, 5) is 9.40. The Kier molecular flexibility index (Phi) is 10.5. The predicted octanol–water partition coefficient (Wildman–Crippen LogP) is 14.2. The predicted molar refractivity (Wildman–Crippen MR) is 237 cm³/mol. The van der Waals surface area contributed by atoms with Gasteiger partial charge in [0.15, 0.2) is 0 Å². The Bertz CT molecular complexity index is 2750. The molecule has 0 aliphatic carbocycles. The summed E-state index contributed by atoms with van der Waals surface area (Å²) < 4.78 is 8.82. The first-order valence-corrected chi connectivity index (χ1v) is 19.9.